The zero-order valence-corrected chi connectivity index (χ0v) is 9.60. The molecule has 1 aromatic heterocycles. The Balaban J connectivity index is 1.71. The number of hydrogen-bond donors (Lipinski definition) is 1. The summed E-state index contributed by atoms with van der Waals surface area (Å²) in [4.78, 5) is 0. The first-order valence-electron chi connectivity index (χ1n) is 6.41. The molecule has 0 radical (unpaired) electrons. The fourth-order valence-electron chi connectivity index (χ4n) is 2.93. The number of nitrogens with zero attached hydrogens (tertiary/aromatic N) is 4. The van der Waals surface area contributed by atoms with Gasteiger partial charge in [0.15, 0.2) is 5.82 Å². The van der Waals surface area contributed by atoms with Crippen LogP contribution in [0.25, 0.3) is 0 Å². The molecule has 2 heterocycles. The van der Waals surface area contributed by atoms with E-state index in [1.165, 1.54) is 32.1 Å². The van der Waals surface area contributed by atoms with E-state index in [1.807, 2.05) is 0 Å². The second kappa shape index (κ2) is 4.49. The quantitative estimate of drug-likeness (QED) is 0.825. The van der Waals surface area contributed by atoms with Crippen LogP contribution in [-0.2, 0) is 6.42 Å². The van der Waals surface area contributed by atoms with Crippen LogP contribution in [0.5, 0.6) is 0 Å². The van der Waals surface area contributed by atoms with Crippen LogP contribution in [0.2, 0.25) is 0 Å². The SMILES string of the molecule is C1CCC(n2nnnc2CC2CCNC2)C1. The summed E-state index contributed by atoms with van der Waals surface area (Å²) in [6.45, 7) is 2.27. The molecular weight excluding hydrogens is 202 g/mol. The Labute approximate surface area is 95.6 Å². The van der Waals surface area contributed by atoms with Crippen LogP contribution in [-0.4, -0.2) is 33.3 Å². The Morgan fingerprint density at radius 2 is 2.12 bits per heavy atom. The van der Waals surface area contributed by atoms with Crippen LogP contribution < -0.4 is 5.32 Å². The summed E-state index contributed by atoms with van der Waals surface area (Å²) in [6.07, 6.45) is 7.46. The molecule has 1 aliphatic heterocycles. The van der Waals surface area contributed by atoms with Gasteiger partial charge >= 0.3 is 0 Å². The lowest BCUT2D eigenvalue weighted by Gasteiger charge is -2.13. The molecule has 2 aliphatic rings. The summed E-state index contributed by atoms with van der Waals surface area (Å²) in [6, 6.07) is 0.569. The minimum atomic E-state index is 0.569. The van der Waals surface area contributed by atoms with Gasteiger partial charge in [-0.05, 0) is 48.7 Å². The third kappa shape index (κ3) is 1.96. The Hall–Kier alpha value is -0.970. The van der Waals surface area contributed by atoms with Gasteiger partial charge < -0.3 is 5.32 Å². The summed E-state index contributed by atoms with van der Waals surface area (Å²) in [5.41, 5.74) is 0. The molecule has 0 spiro atoms. The van der Waals surface area contributed by atoms with E-state index in [-0.39, 0.29) is 0 Å². The van der Waals surface area contributed by atoms with E-state index in [9.17, 15) is 0 Å². The van der Waals surface area contributed by atoms with Crippen LogP contribution >= 0.6 is 0 Å². The normalized spacial score (nSPS) is 26.6. The molecule has 0 aromatic carbocycles. The van der Waals surface area contributed by atoms with Crippen LogP contribution in [0.1, 0.15) is 44.0 Å². The van der Waals surface area contributed by atoms with Gasteiger partial charge in [0.25, 0.3) is 0 Å². The van der Waals surface area contributed by atoms with Gasteiger partial charge in [-0.1, -0.05) is 12.8 Å². The van der Waals surface area contributed by atoms with Crippen molar-refractivity contribution in [3.8, 4) is 0 Å². The van der Waals surface area contributed by atoms with Crippen molar-refractivity contribution in [3.63, 3.8) is 0 Å². The van der Waals surface area contributed by atoms with Gasteiger partial charge in [-0.15, -0.1) is 5.10 Å². The lowest BCUT2D eigenvalue weighted by molar-refractivity contribution is 0.422. The number of nitrogens with one attached hydrogen (secondary N) is 1. The molecule has 88 valence electrons. The third-order valence-corrected chi connectivity index (χ3v) is 3.87. The minimum absolute atomic E-state index is 0.569. The maximum atomic E-state index is 4.20. The molecular formula is C11H19N5. The van der Waals surface area contributed by atoms with Gasteiger partial charge in [-0.25, -0.2) is 4.68 Å². The Morgan fingerprint density at radius 3 is 2.88 bits per heavy atom. The van der Waals surface area contributed by atoms with Crippen LogP contribution in [0.3, 0.4) is 0 Å². The van der Waals surface area contributed by atoms with Gasteiger partial charge in [-0.3, -0.25) is 0 Å². The monoisotopic (exact) mass is 221 g/mol. The first-order valence-corrected chi connectivity index (χ1v) is 6.41. The average Bonchev–Trinajstić information content (AvgIpc) is 2.98. The minimum Gasteiger partial charge on any atom is -0.316 e. The highest BCUT2D eigenvalue weighted by atomic mass is 15.5. The molecule has 1 saturated heterocycles. The maximum absolute atomic E-state index is 4.20. The lowest BCUT2D eigenvalue weighted by Crippen LogP contribution is -2.16. The average molecular weight is 221 g/mol. The largest absolute Gasteiger partial charge is 0.316 e. The van der Waals surface area contributed by atoms with Gasteiger partial charge in [-0.2, -0.15) is 0 Å². The number of rotatable bonds is 3. The van der Waals surface area contributed by atoms with Gasteiger partial charge in [0.1, 0.15) is 0 Å². The molecule has 1 unspecified atom stereocenters. The van der Waals surface area contributed by atoms with E-state index < -0.39 is 0 Å². The molecule has 16 heavy (non-hydrogen) atoms. The van der Waals surface area contributed by atoms with E-state index in [0.29, 0.717) is 6.04 Å². The molecule has 1 atom stereocenters. The van der Waals surface area contributed by atoms with Gasteiger partial charge in [0.2, 0.25) is 0 Å². The van der Waals surface area contributed by atoms with E-state index >= 15 is 0 Å². The third-order valence-electron chi connectivity index (χ3n) is 3.87. The zero-order valence-electron chi connectivity index (χ0n) is 9.60. The van der Waals surface area contributed by atoms with E-state index in [4.69, 9.17) is 0 Å². The second-order valence-electron chi connectivity index (χ2n) is 5.04. The lowest BCUT2D eigenvalue weighted by atomic mass is 10.0. The fourth-order valence-corrected chi connectivity index (χ4v) is 2.93. The fraction of sp³-hybridized carbons (Fsp3) is 0.909. The number of hydrogen-bond acceptors (Lipinski definition) is 4. The zero-order chi connectivity index (χ0) is 10.8. The Bertz CT molecular complexity index is 336. The van der Waals surface area contributed by atoms with Crippen molar-refractivity contribution in [2.24, 2.45) is 5.92 Å². The van der Waals surface area contributed by atoms with E-state index in [2.05, 4.69) is 25.5 Å². The standard InChI is InChI=1S/C11H19N5/c1-2-4-10(3-1)16-11(13-14-15-16)7-9-5-6-12-8-9/h9-10,12H,1-8H2. The molecule has 1 aliphatic carbocycles. The summed E-state index contributed by atoms with van der Waals surface area (Å²) >= 11 is 0. The van der Waals surface area contributed by atoms with Crippen molar-refractivity contribution < 1.29 is 0 Å². The molecule has 1 saturated carbocycles. The Morgan fingerprint density at radius 1 is 1.25 bits per heavy atom. The van der Waals surface area contributed by atoms with Crippen LogP contribution in [0.15, 0.2) is 0 Å². The number of tetrazole rings is 1. The van der Waals surface area contributed by atoms with Crippen LogP contribution in [0, 0.1) is 5.92 Å². The highest BCUT2D eigenvalue weighted by molar-refractivity contribution is 4.90. The van der Waals surface area contributed by atoms with E-state index in [0.717, 1.165) is 31.3 Å². The topological polar surface area (TPSA) is 55.6 Å². The van der Waals surface area contributed by atoms with Gasteiger partial charge in [0.05, 0.1) is 6.04 Å². The molecule has 5 heteroatoms. The van der Waals surface area contributed by atoms with Crippen molar-refractivity contribution >= 4 is 0 Å². The highest BCUT2D eigenvalue weighted by Gasteiger charge is 2.24. The van der Waals surface area contributed by atoms with Crippen molar-refractivity contribution in [1.82, 2.24) is 25.5 Å². The highest BCUT2D eigenvalue weighted by Crippen LogP contribution is 2.29. The van der Waals surface area contributed by atoms with Gasteiger partial charge in [0, 0.05) is 6.42 Å². The molecule has 1 N–H and O–H groups in total. The molecule has 0 amide bonds. The van der Waals surface area contributed by atoms with Crippen molar-refractivity contribution in [1.29, 1.82) is 0 Å². The first-order chi connectivity index (χ1) is 7.93. The number of aromatic nitrogens is 4. The van der Waals surface area contributed by atoms with Crippen molar-refractivity contribution in [3.05, 3.63) is 5.82 Å². The molecule has 1 aromatic rings. The predicted octanol–water partition coefficient (Wildman–Crippen LogP) is 0.940. The molecule has 2 fully saturated rings. The van der Waals surface area contributed by atoms with Crippen molar-refractivity contribution in [2.45, 2.75) is 44.6 Å². The smallest absolute Gasteiger partial charge is 0.151 e. The Kier molecular flexibility index (Phi) is 2.86. The summed E-state index contributed by atoms with van der Waals surface area (Å²) < 4.78 is 2.09. The van der Waals surface area contributed by atoms with E-state index in [1.54, 1.807) is 0 Å². The summed E-state index contributed by atoms with van der Waals surface area (Å²) in [5, 5.41) is 15.6. The first kappa shape index (κ1) is 10.2. The maximum Gasteiger partial charge on any atom is 0.151 e. The predicted molar refractivity (Wildman–Crippen MR) is 60.0 cm³/mol. The second-order valence-corrected chi connectivity index (χ2v) is 5.04. The molecule has 3 rings (SSSR count). The van der Waals surface area contributed by atoms with Crippen LogP contribution in [0.4, 0.5) is 0 Å². The summed E-state index contributed by atoms with van der Waals surface area (Å²) in [7, 11) is 0. The molecule has 0 bridgehead atoms. The summed E-state index contributed by atoms with van der Waals surface area (Å²) in [5.74, 6) is 1.83. The molecule has 5 nitrogen and oxygen atoms in total. The van der Waals surface area contributed by atoms with Crippen molar-refractivity contribution in [2.75, 3.05) is 13.1 Å².